The highest BCUT2D eigenvalue weighted by Gasteiger charge is 2.01. The molecule has 5 heteroatoms. The Morgan fingerprint density at radius 1 is 1.60 bits per heavy atom. The molecule has 2 N–H and O–H groups in total. The quantitative estimate of drug-likeness (QED) is 0.652. The molecule has 0 spiro atoms. The Bertz CT molecular complexity index is 308. The Kier molecular flexibility index (Phi) is 4.83. The lowest BCUT2D eigenvalue weighted by Crippen LogP contribution is -2.27. The van der Waals surface area contributed by atoms with Crippen LogP contribution in [0.3, 0.4) is 0 Å². The van der Waals surface area contributed by atoms with E-state index >= 15 is 0 Å². The van der Waals surface area contributed by atoms with E-state index in [0.717, 1.165) is 18.7 Å². The smallest absolute Gasteiger partial charge is 0.221 e. The summed E-state index contributed by atoms with van der Waals surface area (Å²) in [5, 5.41) is 9.97. The van der Waals surface area contributed by atoms with Crippen LogP contribution in [0.2, 0.25) is 0 Å². The average molecular weight is 210 g/mol. The van der Waals surface area contributed by atoms with Crippen molar-refractivity contribution in [3.05, 3.63) is 18.0 Å². The first kappa shape index (κ1) is 11.7. The molecule has 0 aliphatic rings. The lowest BCUT2D eigenvalue weighted by Gasteiger charge is -2.03. The van der Waals surface area contributed by atoms with Gasteiger partial charge < -0.3 is 10.6 Å². The highest BCUT2D eigenvalue weighted by atomic mass is 16.1. The molecule has 0 atom stereocenters. The molecule has 0 saturated heterocycles. The van der Waals surface area contributed by atoms with Crippen LogP contribution in [0.15, 0.2) is 12.4 Å². The highest BCUT2D eigenvalue weighted by molar-refractivity contribution is 5.76. The second kappa shape index (κ2) is 6.19. The maximum Gasteiger partial charge on any atom is 0.221 e. The van der Waals surface area contributed by atoms with Crippen molar-refractivity contribution in [2.45, 2.75) is 19.9 Å². The lowest BCUT2D eigenvalue weighted by atomic mass is 10.3. The zero-order valence-corrected chi connectivity index (χ0v) is 9.29. The number of nitrogens with one attached hydrogen (secondary N) is 2. The summed E-state index contributed by atoms with van der Waals surface area (Å²) >= 11 is 0. The summed E-state index contributed by atoms with van der Waals surface area (Å²) in [5.41, 5.74) is 1.02. The average Bonchev–Trinajstić information content (AvgIpc) is 2.62. The fraction of sp³-hybridized carbons (Fsp3) is 0.600. The number of carbonyl (C=O) groups excluding carboxylic acids is 1. The van der Waals surface area contributed by atoms with Gasteiger partial charge in [0.05, 0.1) is 6.20 Å². The van der Waals surface area contributed by atoms with Crippen molar-refractivity contribution in [3.63, 3.8) is 0 Å². The van der Waals surface area contributed by atoms with Crippen LogP contribution < -0.4 is 10.6 Å². The van der Waals surface area contributed by atoms with Crippen LogP contribution in [0, 0.1) is 0 Å². The van der Waals surface area contributed by atoms with E-state index in [1.165, 1.54) is 0 Å². The van der Waals surface area contributed by atoms with Gasteiger partial charge in [0.2, 0.25) is 5.91 Å². The summed E-state index contributed by atoms with van der Waals surface area (Å²) in [4.78, 5) is 11.3. The standard InChI is InChI=1S/C10H18N4O/c1-3-11-5-4-10(15)12-6-9-7-13-14(2)8-9/h7-8,11H,3-6H2,1-2H3,(H,12,15). The first-order valence-corrected chi connectivity index (χ1v) is 5.17. The van der Waals surface area contributed by atoms with E-state index in [0.29, 0.717) is 13.0 Å². The molecule has 1 aromatic rings. The normalized spacial score (nSPS) is 10.3. The van der Waals surface area contributed by atoms with E-state index in [1.807, 2.05) is 20.2 Å². The van der Waals surface area contributed by atoms with Crippen molar-refractivity contribution >= 4 is 5.91 Å². The fourth-order valence-electron chi connectivity index (χ4n) is 1.23. The van der Waals surface area contributed by atoms with E-state index in [1.54, 1.807) is 10.9 Å². The number of nitrogens with zero attached hydrogens (tertiary/aromatic N) is 2. The maximum atomic E-state index is 11.3. The molecule has 15 heavy (non-hydrogen) atoms. The Hall–Kier alpha value is -1.36. The minimum atomic E-state index is 0.0693. The van der Waals surface area contributed by atoms with Gasteiger partial charge in [-0.1, -0.05) is 6.92 Å². The first-order valence-electron chi connectivity index (χ1n) is 5.17. The molecule has 0 aliphatic heterocycles. The third kappa shape index (κ3) is 4.60. The van der Waals surface area contributed by atoms with Crippen LogP contribution in [0.25, 0.3) is 0 Å². The molecule has 0 aromatic carbocycles. The summed E-state index contributed by atoms with van der Waals surface area (Å²) in [6, 6.07) is 0. The Morgan fingerprint density at radius 3 is 3.00 bits per heavy atom. The van der Waals surface area contributed by atoms with Crippen molar-refractivity contribution in [1.29, 1.82) is 0 Å². The molecule has 0 aliphatic carbocycles. The molecule has 0 saturated carbocycles. The molecule has 0 bridgehead atoms. The zero-order chi connectivity index (χ0) is 11.1. The predicted octanol–water partition coefficient (Wildman–Crippen LogP) is 0.0359. The number of aromatic nitrogens is 2. The largest absolute Gasteiger partial charge is 0.352 e. The predicted molar refractivity (Wildman–Crippen MR) is 58.2 cm³/mol. The van der Waals surface area contributed by atoms with Gasteiger partial charge in [0.1, 0.15) is 0 Å². The van der Waals surface area contributed by atoms with E-state index < -0.39 is 0 Å². The second-order valence-corrected chi connectivity index (χ2v) is 3.40. The van der Waals surface area contributed by atoms with Crippen LogP contribution in [-0.2, 0) is 18.4 Å². The summed E-state index contributed by atoms with van der Waals surface area (Å²) in [5.74, 6) is 0.0693. The van der Waals surface area contributed by atoms with Crippen molar-refractivity contribution in [2.24, 2.45) is 7.05 Å². The van der Waals surface area contributed by atoms with Gasteiger partial charge in [-0.25, -0.2) is 0 Å². The van der Waals surface area contributed by atoms with Crippen LogP contribution in [0.1, 0.15) is 18.9 Å². The van der Waals surface area contributed by atoms with Crippen LogP contribution >= 0.6 is 0 Å². The van der Waals surface area contributed by atoms with Crippen molar-refractivity contribution in [2.75, 3.05) is 13.1 Å². The third-order valence-electron chi connectivity index (χ3n) is 2.03. The molecule has 1 rings (SSSR count). The zero-order valence-electron chi connectivity index (χ0n) is 9.29. The Balaban J connectivity index is 2.16. The molecule has 0 unspecified atom stereocenters. The molecule has 5 nitrogen and oxygen atoms in total. The van der Waals surface area contributed by atoms with Crippen molar-refractivity contribution in [1.82, 2.24) is 20.4 Å². The van der Waals surface area contributed by atoms with Crippen molar-refractivity contribution in [3.8, 4) is 0 Å². The molecular formula is C10H18N4O. The van der Waals surface area contributed by atoms with Crippen LogP contribution in [0.4, 0.5) is 0 Å². The Morgan fingerprint density at radius 2 is 2.40 bits per heavy atom. The molecule has 0 radical (unpaired) electrons. The van der Waals surface area contributed by atoms with Gasteiger partial charge in [0, 0.05) is 38.3 Å². The van der Waals surface area contributed by atoms with Gasteiger partial charge >= 0.3 is 0 Å². The van der Waals surface area contributed by atoms with E-state index in [-0.39, 0.29) is 5.91 Å². The minimum Gasteiger partial charge on any atom is -0.352 e. The van der Waals surface area contributed by atoms with E-state index in [2.05, 4.69) is 15.7 Å². The molecule has 1 amide bonds. The van der Waals surface area contributed by atoms with E-state index in [4.69, 9.17) is 0 Å². The number of hydrogen-bond acceptors (Lipinski definition) is 3. The summed E-state index contributed by atoms with van der Waals surface area (Å²) in [7, 11) is 1.86. The van der Waals surface area contributed by atoms with Crippen LogP contribution in [0.5, 0.6) is 0 Å². The summed E-state index contributed by atoms with van der Waals surface area (Å²) in [6.45, 7) is 4.21. The number of amides is 1. The van der Waals surface area contributed by atoms with Gasteiger partial charge in [0.25, 0.3) is 0 Å². The lowest BCUT2D eigenvalue weighted by molar-refractivity contribution is -0.121. The second-order valence-electron chi connectivity index (χ2n) is 3.40. The van der Waals surface area contributed by atoms with Gasteiger partial charge in [0.15, 0.2) is 0 Å². The topological polar surface area (TPSA) is 59.0 Å². The van der Waals surface area contributed by atoms with Gasteiger partial charge in [-0.3, -0.25) is 9.48 Å². The molecule has 1 aromatic heterocycles. The monoisotopic (exact) mass is 210 g/mol. The van der Waals surface area contributed by atoms with Gasteiger partial charge in [-0.05, 0) is 6.54 Å². The molecule has 0 fully saturated rings. The first-order chi connectivity index (χ1) is 7.22. The highest BCUT2D eigenvalue weighted by Crippen LogP contribution is 1.94. The SMILES string of the molecule is CCNCCC(=O)NCc1cnn(C)c1. The number of rotatable bonds is 6. The minimum absolute atomic E-state index is 0.0693. The molecular weight excluding hydrogens is 192 g/mol. The Labute approximate surface area is 89.9 Å². The van der Waals surface area contributed by atoms with Crippen LogP contribution in [-0.4, -0.2) is 28.8 Å². The van der Waals surface area contributed by atoms with Crippen molar-refractivity contribution < 1.29 is 4.79 Å². The summed E-state index contributed by atoms with van der Waals surface area (Å²) in [6.07, 6.45) is 4.17. The maximum absolute atomic E-state index is 11.3. The number of carbonyl (C=O) groups is 1. The molecule has 1 heterocycles. The number of aryl methyl sites for hydroxylation is 1. The molecule has 84 valence electrons. The fourth-order valence-corrected chi connectivity index (χ4v) is 1.23. The third-order valence-corrected chi connectivity index (χ3v) is 2.03. The van der Waals surface area contributed by atoms with E-state index in [9.17, 15) is 4.79 Å². The van der Waals surface area contributed by atoms with Gasteiger partial charge in [-0.15, -0.1) is 0 Å². The number of hydrogen-bond donors (Lipinski definition) is 2. The summed E-state index contributed by atoms with van der Waals surface area (Å²) < 4.78 is 1.72. The van der Waals surface area contributed by atoms with Gasteiger partial charge in [-0.2, -0.15) is 5.10 Å².